The highest BCUT2D eigenvalue weighted by Crippen LogP contribution is 2.33. The van der Waals surface area contributed by atoms with Crippen LogP contribution in [0.4, 0.5) is 4.39 Å². The third-order valence-electron chi connectivity index (χ3n) is 4.85. The first-order valence-corrected chi connectivity index (χ1v) is 9.26. The van der Waals surface area contributed by atoms with Crippen molar-refractivity contribution in [2.75, 3.05) is 19.6 Å². The molecule has 3 aliphatic rings. The normalized spacial score (nSPS) is 25.4. The minimum atomic E-state index is -3.76. The van der Waals surface area contributed by atoms with Gasteiger partial charge in [-0.3, -0.25) is 4.79 Å². The number of rotatable bonds is 2. The van der Waals surface area contributed by atoms with Crippen molar-refractivity contribution in [2.24, 2.45) is 5.92 Å². The lowest BCUT2D eigenvalue weighted by atomic mass is 9.97. The second kappa shape index (κ2) is 5.87. The topological polar surface area (TPSA) is 57.7 Å². The van der Waals surface area contributed by atoms with Gasteiger partial charge < -0.3 is 4.90 Å². The summed E-state index contributed by atoms with van der Waals surface area (Å²) in [6, 6.07) is 3.61. The Morgan fingerprint density at radius 2 is 1.96 bits per heavy atom. The average Bonchev–Trinajstić information content (AvgIpc) is 2.81. The number of hydrogen-bond acceptors (Lipinski definition) is 3. The molecule has 23 heavy (non-hydrogen) atoms. The standard InChI is InChI=1S/C16H21FN2O3S/c1-11-3-5-14(17)7-16(11)23(21,22)19-9-13-4-6-15(19)10-18(8-13)12(2)20/h3,5,7,13,15H,4,6,8-10H2,1-2H3/t13-,15+/m0/s1. The van der Waals surface area contributed by atoms with Gasteiger partial charge in [-0.15, -0.1) is 0 Å². The predicted octanol–water partition coefficient (Wildman–Crippen LogP) is 1.77. The summed E-state index contributed by atoms with van der Waals surface area (Å²) >= 11 is 0. The summed E-state index contributed by atoms with van der Waals surface area (Å²) in [5.41, 5.74) is 0.537. The molecule has 3 saturated heterocycles. The smallest absolute Gasteiger partial charge is 0.243 e. The number of halogens is 1. The number of hydrogen-bond donors (Lipinski definition) is 0. The molecule has 7 heteroatoms. The number of fused-ring (bicyclic) bond motifs is 4. The molecule has 4 rings (SSSR count). The van der Waals surface area contributed by atoms with E-state index in [9.17, 15) is 17.6 Å². The van der Waals surface area contributed by atoms with Gasteiger partial charge in [0.1, 0.15) is 5.82 Å². The Kier molecular flexibility index (Phi) is 4.18. The largest absolute Gasteiger partial charge is 0.341 e. The predicted molar refractivity (Wildman–Crippen MR) is 83.8 cm³/mol. The zero-order valence-corrected chi connectivity index (χ0v) is 14.1. The maximum Gasteiger partial charge on any atom is 0.243 e. The first kappa shape index (κ1) is 16.4. The lowest BCUT2D eigenvalue weighted by molar-refractivity contribution is -0.129. The van der Waals surface area contributed by atoms with Crippen molar-refractivity contribution in [1.82, 2.24) is 9.21 Å². The zero-order valence-electron chi connectivity index (χ0n) is 13.3. The number of sulfonamides is 1. The van der Waals surface area contributed by atoms with Crippen LogP contribution < -0.4 is 0 Å². The van der Waals surface area contributed by atoms with Gasteiger partial charge in [-0.1, -0.05) is 6.07 Å². The fourth-order valence-corrected chi connectivity index (χ4v) is 5.53. The lowest BCUT2D eigenvalue weighted by Gasteiger charge is -2.35. The Morgan fingerprint density at radius 1 is 1.22 bits per heavy atom. The molecule has 0 unspecified atom stereocenters. The second-order valence-corrected chi connectivity index (χ2v) is 8.36. The highest BCUT2D eigenvalue weighted by Gasteiger charge is 2.42. The summed E-state index contributed by atoms with van der Waals surface area (Å²) in [6.07, 6.45) is 1.66. The van der Waals surface area contributed by atoms with Gasteiger partial charge in [0.2, 0.25) is 15.9 Å². The summed E-state index contributed by atoms with van der Waals surface area (Å²) in [6.45, 7) is 4.59. The maximum atomic E-state index is 13.5. The van der Waals surface area contributed by atoms with Gasteiger partial charge in [-0.25, -0.2) is 12.8 Å². The van der Waals surface area contributed by atoms with Crippen molar-refractivity contribution in [2.45, 2.75) is 37.6 Å². The Hall–Kier alpha value is -1.47. The quantitative estimate of drug-likeness (QED) is 0.824. The highest BCUT2D eigenvalue weighted by molar-refractivity contribution is 7.89. The molecular formula is C16H21FN2O3S. The van der Waals surface area contributed by atoms with E-state index in [4.69, 9.17) is 0 Å². The van der Waals surface area contributed by atoms with Crippen LogP contribution in [0.25, 0.3) is 0 Å². The highest BCUT2D eigenvalue weighted by atomic mass is 32.2. The first-order valence-electron chi connectivity index (χ1n) is 7.82. The van der Waals surface area contributed by atoms with Gasteiger partial charge in [0.05, 0.1) is 4.90 Å². The van der Waals surface area contributed by atoms with Crippen LogP contribution in [0.5, 0.6) is 0 Å². The summed E-state index contributed by atoms with van der Waals surface area (Å²) < 4.78 is 41.1. The number of piperidine rings is 1. The Bertz CT molecular complexity index is 735. The average molecular weight is 340 g/mol. The van der Waals surface area contributed by atoms with Gasteiger partial charge in [0, 0.05) is 32.6 Å². The van der Waals surface area contributed by atoms with E-state index < -0.39 is 15.8 Å². The van der Waals surface area contributed by atoms with E-state index in [2.05, 4.69) is 0 Å². The van der Waals surface area contributed by atoms with Crippen LogP contribution in [0, 0.1) is 18.7 Å². The van der Waals surface area contributed by atoms with Crippen LogP contribution in [0.15, 0.2) is 23.1 Å². The van der Waals surface area contributed by atoms with E-state index in [1.807, 2.05) is 0 Å². The van der Waals surface area contributed by atoms with Crippen molar-refractivity contribution in [3.63, 3.8) is 0 Å². The molecule has 0 radical (unpaired) electrons. The molecule has 0 N–H and O–H groups in total. The molecule has 3 heterocycles. The monoisotopic (exact) mass is 340 g/mol. The lowest BCUT2D eigenvalue weighted by Crippen LogP contribution is -2.47. The zero-order chi connectivity index (χ0) is 16.8. The van der Waals surface area contributed by atoms with Crippen molar-refractivity contribution >= 4 is 15.9 Å². The molecule has 1 aromatic carbocycles. The van der Waals surface area contributed by atoms with E-state index in [0.29, 0.717) is 25.2 Å². The molecule has 1 amide bonds. The Labute approximate surface area is 136 Å². The number of carbonyl (C=O) groups is 1. The summed E-state index contributed by atoms with van der Waals surface area (Å²) in [4.78, 5) is 13.5. The van der Waals surface area contributed by atoms with Gasteiger partial charge >= 0.3 is 0 Å². The molecule has 2 bridgehead atoms. The van der Waals surface area contributed by atoms with E-state index in [1.165, 1.54) is 23.4 Å². The van der Waals surface area contributed by atoms with Gasteiger partial charge in [-0.2, -0.15) is 4.31 Å². The molecule has 0 spiro atoms. The summed E-state index contributed by atoms with van der Waals surface area (Å²) in [5.74, 6) is -0.441. The van der Waals surface area contributed by atoms with Crippen LogP contribution in [0.3, 0.4) is 0 Å². The molecular weight excluding hydrogens is 319 g/mol. The SMILES string of the molecule is CC(=O)N1C[C@@H]2CC[C@H](C1)N(S(=O)(=O)c1cc(F)ccc1C)C2. The van der Waals surface area contributed by atoms with Gasteiger partial charge in [0.25, 0.3) is 0 Å². The second-order valence-electron chi connectivity index (χ2n) is 6.51. The van der Waals surface area contributed by atoms with Crippen LogP contribution in [-0.2, 0) is 14.8 Å². The number of amides is 1. The molecule has 2 atom stereocenters. The van der Waals surface area contributed by atoms with E-state index in [0.717, 1.165) is 18.9 Å². The van der Waals surface area contributed by atoms with Crippen LogP contribution in [0.2, 0.25) is 0 Å². The molecule has 0 saturated carbocycles. The van der Waals surface area contributed by atoms with Crippen molar-refractivity contribution in [1.29, 1.82) is 0 Å². The van der Waals surface area contributed by atoms with Crippen molar-refractivity contribution < 1.29 is 17.6 Å². The number of aryl methyl sites for hydroxylation is 1. The van der Waals surface area contributed by atoms with Crippen molar-refractivity contribution in [3.8, 4) is 0 Å². The molecule has 1 aromatic rings. The summed E-state index contributed by atoms with van der Waals surface area (Å²) in [7, 11) is -3.76. The third kappa shape index (κ3) is 2.99. The molecule has 5 nitrogen and oxygen atoms in total. The van der Waals surface area contributed by atoms with Crippen molar-refractivity contribution in [3.05, 3.63) is 29.6 Å². The van der Waals surface area contributed by atoms with Crippen LogP contribution in [0.1, 0.15) is 25.3 Å². The van der Waals surface area contributed by atoms with E-state index in [1.54, 1.807) is 11.8 Å². The third-order valence-corrected chi connectivity index (χ3v) is 6.91. The number of nitrogens with zero attached hydrogens (tertiary/aromatic N) is 2. The fourth-order valence-electron chi connectivity index (χ4n) is 3.57. The Morgan fingerprint density at radius 3 is 2.65 bits per heavy atom. The minimum absolute atomic E-state index is 0.0249. The number of benzene rings is 1. The fraction of sp³-hybridized carbons (Fsp3) is 0.562. The maximum absolute atomic E-state index is 13.5. The number of carbonyl (C=O) groups excluding carboxylic acids is 1. The van der Waals surface area contributed by atoms with Gasteiger partial charge in [-0.05, 0) is 43.4 Å². The van der Waals surface area contributed by atoms with Gasteiger partial charge in [0.15, 0.2) is 0 Å². The molecule has 0 aliphatic carbocycles. The molecule has 3 fully saturated rings. The van der Waals surface area contributed by atoms with E-state index >= 15 is 0 Å². The molecule has 126 valence electrons. The Balaban J connectivity index is 1.98. The molecule has 0 aromatic heterocycles. The molecule has 3 aliphatic heterocycles. The summed E-state index contributed by atoms with van der Waals surface area (Å²) in [5, 5.41) is 0. The first-order chi connectivity index (χ1) is 10.8. The van der Waals surface area contributed by atoms with E-state index in [-0.39, 0.29) is 22.8 Å². The van der Waals surface area contributed by atoms with Crippen LogP contribution in [-0.4, -0.2) is 49.2 Å². The van der Waals surface area contributed by atoms with Crippen LogP contribution >= 0.6 is 0 Å². The minimum Gasteiger partial charge on any atom is -0.341 e.